The first-order valence-electron chi connectivity index (χ1n) is 9.46. The number of carbonyl (C=O) groups is 2. The number of aryl methyl sites for hydroxylation is 2. The van der Waals surface area contributed by atoms with Crippen LogP contribution >= 0.6 is 0 Å². The van der Waals surface area contributed by atoms with Crippen LogP contribution in [0.5, 0.6) is 0 Å². The van der Waals surface area contributed by atoms with Gasteiger partial charge in [0.1, 0.15) is 11.6 Å². The van der Waals surface area contributed by atoms with Gasteiger partial charge in [0.25, 0.3) is 11.7 Å². The number of amides is 1. The minimum atomic E-state index is -0.730. The third kappa shape index (κ3) is 3.57. The summed E-state index contributed by atoms with van der Waals surface area (Å²) in [7, 11) is 0. The molecular formula is C23H24FNO3. The Bertz CT molecular complexity index is 947. The Kier molecular flexibility index (Phi) is 5.63. The quantitative estimate of drug-likeness (QED) is 0.465. The molecule has 146 valence electrons. The second-order valence-electron chi connectivity index (χ2n) is 7.22. The minimum Gasteiger partial charge on any atom is -0.507 e. The Hall–Kier alpha value is -2.95. The van der Waals surface area contributed by atoms with Crippen LogP contribution in [0.1, 0.15) is 48.1 Å². The summed E-state index contributed by atoms with van der Waals surface area (Å²) in [5.74, 6) is -1.92. The summed E-state index contributed by atoms with van der Waals surface area (Å²) in [6.45, 7) is 6.13. The van der Waals surface area contributed by atoms with Crippen molar-refractivity contribution in [2.24, 2.45) is 0 Å². The molecule has 28 heavy (non-hydrogen) atoms. The van der Waals surface area contributed by atoms with Gasteiger partial charge in [0, 0.05) is 12.1 Å². The van der Waals surface area contributed by atoms with E-state index in [1.807, 2.05) is 32.9 Å². The highest BCUT2D eigenvalue weighted by Gasteiger charge is 2.45. The molecule has 0 bridgehead atoms. The van der Waals surface area contributed by atoms with Crippen LogP contribution in [0.3, 0.4) is 0 Å². The van der Waals surface area contributed by atoms with Gasteiger partial charge in [-0.1, -0.05) is 43.2 Å². The van der Waals surface area contributed by atoms with Gasteiger partial charge in [0.2, 0.25) is 0 Å². The number of likely N-dealkylation sites (tertiary alicyclic amines) is 1. The summed E-state index contributed by atoms with van der Waals surface area (Å²) < 4.78 is 13.4. The number of rotatable bonds is 5. The predicted octanol–water partition coefficient (Wildman–Crippen LogP) is 4.66. The molecule has 0 saturated carbocycles. The zero-order valence-corrected chi connectivity index (χ0v) is 16.3. The van der Waals surface area contributed by atoms with Gasteiger partial charge in [0.05, 0.1) is 11.6 Å². The van der Waals surface area contributed by atoms with Gasteiger partial charge >= 0.3 is 0 Å². The molecule has 1 saturated heterocycles. The standard InChI is InChI=1S/C23H24FNO3/c1-4-5-12-25-20(16-8-10-17(24)11-9-16)19(22(27)23(25)28)21(26)18-13-14(2)6-7-15(18)3/h6-11,13,20,26H,4-5,12H2,1-3H3/b21-19+. The van der Waals surface area contributed by atoms with Crippen LogP contribution in [-0.2, 0) is 9.59 Å². The van der Waals surface area contributed by atoms with Gasteiger partial charge < -0.3 is 10.0 Å². The molecule has 3 rings (SSSR count). The highest BCUT2D eigenvalue weighted by molar-refractivity contribution is 6.46. The molecule has 2 aromatic rings. The predicted molar refractivity (Wildman–Crippen MR) is 106 cm³/mol. The smallest absolute Gasteiger partial charge is 0.295 e. The molecule has 5 heteroatoms. The van der Waals surface area contributed by atoms with Crippen molar-refractivity contribution in [2.45, 2.75) is 39.7 Å². The first-order chi connectivity index (χ1) is 13.3. The fourth-order valence-electron chi connectivity index (χ4n) is 3.57. The number of hydrogen-bond donors (Lipinski definition) is 1. The van der Waals surface area contributed by atoms with E-state index in [9.17, 15) is 19.1 Å². The second-order valence-corrected chi connectivity index (χ2v) is 7.22. The lowest BCUT2D eigenvalue weighted by molar-refractivity contribution is -0.139. The summed E-state index contributed by atoms with van der Waals surface area (Å²) in [6, 6.07) is 10.6. The summed E-state index contributed by atoms with van der Waals surface area (Å²) >= 11 is 0. The lowest BCUT2D eigenvalue weighted by Gasteiger charge is -2.25. The molecule has 2 aromatic carbocycles. The number of aliphatic hydroxyl groups excluding tert-OH is 1. The van der Waals surface area contributed by atoms with Gasteiger partial charge in [-0.25, -0.2) is 4.39 Å². The maximum Gasteiger partial charge on any atom is 0.295 e. The molecule has 0 aliphatic carbocycles. The molecule has 0 spiro atoms. The molecule has 0 radical (unpaired) electrons. The van der Waals surface area contributed by atoms with E-state index in [0.717, 1.165) is 24.0 Å². The van der Waals surface area contributed by atoms with Crippen LogP contribution in [0.4, 0.5) is 4.39 Å². The number of hydrogen-bond acceptors (Lipinski definition) is 3. The monoisotopic (exact) mass is 381 g/mol. The van der Waals surface area contributed by atoms with Crippen LogP contribution in [-0.4, -0.2) is 28.2 Å². The molecule has 1 aliphatic heterocycles. The number of benzene rings is 2. The van der Waals surface area contributed by atoms with Gasteiger partial charge in [-0.2, -0.15) is 0 Å². The molecule has 0 aromatic heterocycles. The topological polar surface area (TPSA) is 57.6 Å². The van der Waals surface area contributed by atoms with Gasteiger partial charge in [0.15, 0.2) is 0 Å². The molecule has 4 nitrogen and oxygen atoms in total. The third-order valence-electron chi connectivity index (χ3n) is 5.13. The van der Waals surface area contributed by atoms with Crippen molar-refractivity contribution >= 4 is 17.4 Å². The van der Waals surface area contributed by atoms with Crippen LogP contribution in [0, 0.1) is 19.7 Å². The minimum absolute atomic E-state index is 0.0569. The summed E-state index contributed by atoms with van der Waals surface area (Å²) in [5.41, 5.74) is 2.93. The Morgan fingerprint density at radius 3 is 2.43 bits per heavy atom. The Balaban J connectivity index is 2.20. The van der Waals surface area contributed by atoms with Crippen molar-refractivity contribution in [3.63, 3.8) is 0 Å². The SMILES string of the molecule is CCCCN1C(=O)C(=O)/C(=C(/O)c2cc(C)ccc2C)C1c1ccc(F)cc1. The van der Waals surface area contributed by atoms with E-state index >= 15 is 0 Å². The average Bonchev–Trinajstić information content (AvgIpc) is 2.93. The summed E-state index contributed by atoms with van der Waals surface area (Å²) in [5, 5.41) is 11.0. The number of aliphatic hydroxyl groups is 1. The molecule has 1 N–H and O–H groups in total. The van der Waals surface area contributed by atoms with Gasteiger partial charge in [-0.3, -0.25) is 9.59 Å². The lowest BCUT2D eigenvalue weighted by Crippen LogP contribution is -2.30. The van der Waals surface area contributed by atoms with E-state index in [0.29, 0.717) is 17.7 Å². The van der Waals surface area contributed by atoms with Crippen LogP contribution in [0.15, 0.2) is 48.0 Å². The normalized spacial score (nSPS) is 18.7. The third-order valence-corrected chi connectivity index (χ3v) is 5.13. The van der Waals surface area contributed by atoms with Crippen molar-refractivity contribution < 1.29 is 19.1 Å². The first kappa shape index (κ1) is 19.8. The number of carbonyl (C=O) groups excluding carboxylic acids is 2. The lowest BCUT2D eigenvalue weighted by atomic mass is 9.93. The molecule has 1 fully saturated rings. The number of Topliss-reactive ketones (excluding diaryl/α,β-unsaturated/α-hetero) is 1. The molecule has 1 atom stereocenters. The molecule has 1 heterocycles. The Labute approximate surface area is 164 Å². The van der Waals surface area contributed by atoms with Crippen LogP contribution in [0.25, 0.3) is 5.76 Å². The average molecular weight is 381 g/mol. The van der Waals surface area contributed by atoms with Crippen molar-refractivity contribution in [1.29, 1.82) is 0 Å². The number of ketones is 1. The van der Waals surface area contributed by atoms with E-state index in [1.54, 1.807) is 18.2 Å². The van der Waals surface area contributed by atoms with Gasteiger partial charge in [-0.05, 0) is 49.6 Å². The Morgan fingerprint density at radius 2 is 1.79 bits per heavy atom. The van der Waals surface area contributed by atoms with Crippen molar-refractivity contribution in [3.8, 4) is 0 Å². The number of nitrogens with zero attached hydrogens (tertiary/aromatic N) is 1. The number of unbranched alkanes of at least 4 members (excludes halogenated alkanes) is 1. The highest BCUT2D eigenvalue weighted by atomic mass is 19.1. The van der Waals surface area contributed by atoms with E-state index < -0.39 is 23.5 Å². The molecule has 1 amide bonds. The van der Waals surface area contributed by atoms with Crippen LogP contribution < -0.4 is 0 Å². The molecular weight excluding hydrogens is 357 g/mol. The molecule has 1 unspecified atom stereocenters. The first-order valence-corrected chi connectivity index (χ1v) is 9.46. The fourth-order valence-corrected chi connectivity index (χ4v) is 3.57. The number of halogens is 1. The maximum absolute atomic E-state index is 13.4. The second kappa shape index (κ2) is 7.97. The largest absolute Gasteiger partial charge is 0.507 e. The maximum atomic E-state index is 13.4. The van der Waals surface area contributed by atoms with Gasteiger partial charge in [-0.15, -0.1) is 0 Å². The van der Waals surface area contributed by atoms with Crippen molar-refractivity contribution in [1.82, 2.24) is 4.90 Å². The summed E-state index contributed by atoms with van der Waals surface area (Å²) in [6.07, 6.45) is 1.59. The van der Waals surface area contributed by atoms with Crippen LogP contribution in [0.2, 0.25) is 0 Å². The van der Waals surface area contributed by atoms with Crippen molar-refractivity contribution in [3.05, 3.63) is 76.1 Å². The van der Waals surface area contributed by atoms with E-state index in [2.05, 4.69) is 0 Å². The van der Waals surface area contributed by atoms with Crippen molar-refractivity contribution in [2.75, 3.05) is 6.54 Å². The fraction of sp³-hybridized carbons (Fsp3) is 0.304. The van der Waals surface area contributed by atoms with E-state index in [-0.39, 0.29) is 11.3 Å². The zero-order chi connectivity index (χ0) is 20.4. The molecule has 1 aliphatic rings. The zero-order valence-electron chi connectivity index (χ0n) is 16.3. The summed E-state index contributed by atoms with van der Waals surface area (Å²) in [4.78, 5) is 27.1. The Morgan fingerprint density at radius 1 is 1.11 bits per heavy atom. The highest BCUT2D eigenvalue weighted by Crippen LogP contribution is 2.40. The van der Waals surface area contributed by atoms with E-state index in [4.69, 9.17) is 0 Å². The van der Waals surface area contributed by atoms with E-state index in [1.165, 1.54) is 17.0 Å².